The first kappa shape index (κ1) is 15.7. The molecule has 0 spiro atoms. The van der Waals surface area contributed by atoms with Gasteiger partial charge in [-0.25, -0.2) is 0 Å². The maximum absolute atomic E-state index is 12.3. The van der Waals surface area contributed by atoms with Gasteiger partial charge in [0.15, 0.2) is 0 Å². The molecule has 0 aromatic heterocycles. The zero-order valence-corrected chi connectivity index (χ0v) is 13.8. The number of amides is 1. The number of hydrogen-bond acceptors (Lipinski definition) is 3. The van der Waals surface area contributed by atoms with Crippen molar-refractivity contribution in [3.8, 4) is 11.5 Å². The molecule has 0 saturated heterocycles. The van der Waals surface area contributed by atoms with Crippen molar-refractivity contribution in [2.45, 2.75) is 0 Å². The monoisotopic (exact) mass is 369 g/mol. The maximum Gasteiger partial charge on any atom is 0.259 e. The van der Waals surface area contributed by atoms with E-state index in [1.165, 1.54) is 7.11 Å². The van der Waals surface area contributed by atoms with Crippen molar-refractivity contribution in [2.24, 2.45) is 0 Å². The van der Waals surface area contributed by atoms with Crippen molar-refractivity contribution in [1.82, 2.24) is 0 Å². The van der Waals surface area contributed by atoms with Crippen LogP contribution in [-0.4, -0.2) is 20.1 Å². The van der Waals surface area contributed by atoms with Gasteiger partial charge in [0.05, 0.1) is 24.3 Å². The van der Waals surface area contributed by atoms with Crippen molar-refractivity contribution in [2.75, 3.05) is 19.5 Å². The standard InChI is InChI=1S/C15H13BrClNO3/c1-20-13-5-3-9(17)7-11(13)15(19)18-10-4-6-14(21-2)12(16)8-10/h3-8H,1-2H3,(H,18,19). The Balaban J connectivity index is 2.26. The first-order valence-electron chi connectivity index (χ1n) is 6.03. The molecule has 0 unspecified atom stereocenters. The Hall–Kier alpha value is -1.72. The molecule has 2 aromatic rings. The number of carbonyl (C=O) groups excluding carboxylic acids is 1. The topological polar surface area (TPSA) is 47.6 Å². The van der Waals surface area contributed by atoms with Gasteiger partial charge in [0, 0.05) is 10.7 Å². The molecule has 4 nitrogen and oxygen atoms in total. The molecule has 1 amide bonds. The van der Waals surface area contributed by atoms with Crippen LogP contribution in [0.3, 0.4) is 0 Å². The van der Waals surface area contributed by atoms with Crippen LogP contribution in [0, 0.1) is 0 Å². The molecule has 0 heterocycles. The second kappa shape index (κ2) is 6.83. The normalized spacial score (nSPS) is 10.1. The highest BCUT2D eigenvalue weighted by atomic mass is 79.9. The Morgan fingerprint density at radius 2 is 1.76 bits per heavy atom. The summed E-state index contributed by atoms with van der Waals surface area (Å²) in [4.78, 5) is 12.3. The second-order valence-corrected chi connectivity index (χ2v) is 5.44. The minimum Gasteiger partial charge on any atom is -0.496 e. The molecule has 0 aliphatic carbocycles. The molecule has 6 heteroatoms. The summed E-state index contributed by atoms with van der Waals surface area (Å²) in [5.74, 6) is 0.851. The number of carbonyl (C=O) groups is 1. The Morgan fingerprint density at radius 1 is 1.10 bits per heavy atom. The van der Waals surface area contributed by atoms with Crippen LogP contribution in [0.1, 0.15) is 10.4 Å². The molecular formula is C15H13BrClNO3. The van der Waals surface area contributed by atoms with Gasteiger partial charge in [0.1, 0.15) is 11.5 Å². The van der Waals surface area contributed by atoms with E-state index < -0.39 is 0 Å². The van der Waals surface area contributed by atoms with Crippen molar-refractivity contribution in [3.05, 3.63) is 51.5 Å². The largest absolute Gasteiger partial charge is 0.496 e. The average Bonchev–Trinajstić information content (AvgIpc) is 2.47. The molecule has 2 rings (SSSR count). The van der Waals surface area contributed by atoms with E-state index in [0.29, 0.717) is 27.8 Å². The van der Waals surface area contributed by atoms with Crippen molar-refractivity contribution >= 4 is 39.1 Å². The molecule has 1 N–H and O–H groups in total. The number of ether oxygens (including phenoxy) is 2. The number of anilines is 1. The van der Waals surface area contributed by atoms with Crippen molar-refractivity contribution < 1.29 is 14.3 Å². The van der Waals surface area contributed by atoms with Gasteiger partial charge in [0.25, 0.3) is 5.91 Å². The summed E-state index contributed by atoms with van der Waals surface area (Å²) in [6.45, 7) is 0. The van der Waals surface area contributed by atoms with Gasteiger partial charge in [-0.15, -0.1) is 0 Å². The molecule has 0 aliphatic rings. The molecule has 0 saturated carbocycles. The van der Waals surface area contributed by atoms with Crippen LogP contribution in [0.4, 0.5) is 5.69 Å². The maximum atomic E-state index is 12.3. The van der Waals surface area contributed by atoms with Crippen LogP contribution in [0.15, 0.2) is 40.9 Å². The molecule has 0 fully saturated rings. The van der Waals surface area contributed by atoms with E-state index in [-0.39, 0.29) is 5.91 Å². The quantitative estimate of drug-likeness (QED) is 0.869. The molecule has 0 atom stereocenters. The fourth-order valence-electron chi connectivity index (χ4n) is 1.80. The van der Waals surface area contributed by atoms with E-state index in [1.54, 1.807) is 43.5 Å². The number of halogens is 2. The molecule has 0 radical (unpaired) electrons. The van der Waals surface area contributed by atoms with Gasteiger partial charge in [-0.2, -0.15) is 0 Å². The molecule has 21 heavy (non-hydrogen) atoms. The fourth-order valence-corrected chi connectivity index (χ4v) is 2.51. The van der Waals surface area contributed by atoms with Gasteiger partial charge in [-0.1, -0.05) is 11.6 Å². The van der Waals surface area contributed by atoms with Crippen molar-refractivity contribution in [1.29, 1.82) is 0 Å². The lowest BCUT2D eigenvalue weighted by molar-refractivity contribution is 0.102. The Bertz CT molecular complexity index is 676. The number of rotatable bonds is 4. The van der Waals surface area contributed by atoms with Crippen LogP contribution in [0.5, 0.6) is 11.5 Å². The summed E-state index contributed by atoms with van der Waals surface area (Å²) in [6.07, 6.45) is 0. The summed E-state index contributed by atoms with van der Waals surface area (Å²) >= 11 is 9.30. The van der Waals surface area contributed by atoms with Gasteiger partial charge in [-0.3, -0.25) is 4.79 Å². The van der Waals surface area contributed by atoms with E-state index in [9.17, 15) is 4.79 Å². The van der Waals surface area contributed by atoms with E-state index in [4.69, 9.17) is 21.1 Å². The van der Waals surface area contributed by atoms with Crippen LogP contribution in [-0.2, 0) is 0 Å². The zero-order valence-electron chi connectivity index (χ0n) is 11.4. The lowest BCUT2D eigenvalue weighted by Crippen LogP contribution is -2.13. The average molecular weight is 371 g/mol. The summed E-state index contributed by atoms with van der Waals surface area (Å²) in [7, 11) is 3.08. The van der Waals surface area contributed by atoms with Gasteiger partial charge < -0.3 is 14.8 Å². The molecule has 2 aromatic carbocycles. The minimum atomic E-state index is -0.300. The predicted octanol–water partition coefficient (Wildman–Crippen LogP) is 4.37. The summed E-state index contributed by atoms with van der Waals surface area (Å²) < 4.78 is 11.1. The first-order valence-corrected chi connectivity index (χ1v) is 7.20. The highest BCUT2D eigenvalue weighted by Gasteiger charge is 2.13. The zero-order chi connectivity index (χ0) is 15.4. The van der Waals surface area contributed by atoms with E-state index in [2.05, 4.69) is 21.2 Å². The molecule has 0 bridgehead atoms. The van der Waals surface area contributed by atoms with Crippen LogP contribution in [0.2, 0.25) is 5.02 Å². The van der Waals surface area contributed by atoms with Crippen LogP contribution in [0.25, 0.3) is 0 Å². The highest BCUT2D eigenvalue weighted by molar-refractivity contribution is 9.10. The second-order valence-electron chi connectivity index (χ2n) is 4.15. The minimum absolute atomic E-state index is 0.300. The lowest BCUT2D eigenvalue weighted by Gasteiger charge is -2.11. The first-order chi connectivity index (χ1) is 10.0. The number of methoxy groups -OCH3 is 2. The number of nitrogens with one attached hydrogen (secondary N) is 1. The Morgan fingerprint density at radius 3 is 2.38 bits per heavy atom. The number of benzene rings is 2. The van der Waals surface area contributed by atoms with Crippen molar-refractivity contribution in [3.63, 3.8) is 0 Å². The third kappa shape index (κ3) is 3.68. The van der Waals surface area contributed by atoms with Gasteiger partial charge >= 0.3 is 0 Å². The van der Waals surface area contributed by atoms with Gasteiger partial charge in [0.2, 0.25) is 0 Å². The SMILES string of the molecule is COc1ccc(NC(=O)c2cc(Cl)ccc2OC)cc1Br. The smallest absolute Gasteiger partial charge is 0.259 e. The van der Waals surface area contributed by atoms with Crippen LogP contribution < -0.4 is 14.8 Å². The third-order valence-corrected chi connectivity index (χ3v) is 3.67. The fraction of sp³-hybridized carbons (Fsp3) is 0.133. The predicted molar refractivity (Wildman–Crippen MR) is 86.7 cm³/mol. The van der Waals surface area contributed by atoms with E-state index >= 15 is 0 Å². The number of hydrogen-bond donors (Lipinski definition) is 1. The van der Waals surface area contributed by atoms with Crippen LogP contribution >= 0.6 is 27.5 Å². The Kier molecular flexibility index (Phi) is 5.09. The molecule has 0 aliphatic heterocycles. The van der Waals surface area contributed by atoms with E-state index in [1.807, 2.05) is 0 Å². The van der Waals surface area contributed by atoms with E-state index in [0.717, 1.165) is 4.47 Å². The molecule has 110 valence electrons. The highest BCUT2D eigenvalue weighted by Crippen LogP contribution is 2.29. The Labute approximate surface area is 136 Å². The van der Waals surface area contributed by atoms with Gasteiger partial charge in [-0.05, 0) is 52.3 Å². The summed E-state index contributed by atoms with van der Waals surface area (Å²) in [6, 6.07) is 10.2. The molecular weight excluding hydrogens is 358 g/mol. The third-order valence-electron chi connectivity index (χ3n) is 2.82. The lowest BCUT2D eigenvalue weighted by atomic mass is 10.2. The summed E-state index contributed by atoms with van der Waals surface area (Å²) in [5.41, 5.74) is 1.01. The summed E-state index contributed by atoms with van der Waals surface area (Å²) in [5, 5.41) is 3.26.